The van der Waals surface area contributed by atoms with E-state index in [9.17, 15) is 0 Å². The van der Waals surface area contributed by atoms with Crippen LogP contribution >= 0.6 is 34.5 Å². The van der Waals surface area contributed by atoms with Crippen molar-refractivity contribution >= 4 is 39.5 Å². The van der Waals surface area contributed by atoms with Crippen LogP contribution in [0.4, 0.5) is 5.00 Å². The van der Waals surface area contributed by atoms with Crippen molar-refractivity contribution in [1.82, 2.24) is 9.59 Å². The molecule has 0 aliphatic heterocycles. The van der Waals surface area contributed by atoms with Gasteiger partial charge in [-0.1, -0.05) is 16.1 Å². The Morgan fingerprint density at radius 2 is 2.47 bits per heavy atom. The van der Waals surface area contributed by atoms with E-state index in [1.165, 1.54) is 22.0 Å². The molecule has 1 aliphatic rings. The lowest BCUT2D eigenvalue weighted by atomic mass is 10.2. The van der Waals surface area contributed by atoms with Crippen LogP contribution in [-0.2, 0) is 6.42 Å². The zero-order chi connectivity index (χ0) is 10.3. The quantitative estimate of drug-likeness (QED) is 0.897. The summed E-state index contributed by atoms with van der Waals surface area (Å²) in [5.41, 5.74) is 1.35. The monoisotopic (exact) mass is 257 g/mol. The molecule has 2 aromatic heterocycles. The van der Waals surface area contributed by atoms with Gasteiger partial charge in [0.2, 0.25) is 0 Å². The molecule has 0 saturated carbocycles. The lowest BCUT2D eigenvalue weighted by molar-refractivity contribution is 0.764. The van der Waals surface area contributed by atoms with Crippen LogP contribution < -0.4 is 5.32 Å². The maximum atomic E-state index is 5.99. The van der Waals surface area contributed by atoms with Crippen molar-refractivity contribution in [2.24, 2.45) is 0 Å². The molecule has 1 aliphatic carbocycles. The lowest BCUT2D eigenvalue weighted by Crippen LogP contribution is -2.04. The van der Waals surface area contributed by atoms with Gasteiger partial charge in [0.15, 0.2) is 0 Å². The minimum Gasteiger partial charge on any atom is -0.367 e. The van der Waals surface area contributed by atoms with Crippen LogP contribution in [0, 0.1) is 0 Å². The summed E-state index contributed by atoms with van der Waals surface area (Å²) in [5.74, 6) is 0. The molecule has 78 valence electrons. The summed E-state index contributed by atoms with van der Waals surface area (Å²) in [6, 6.07) is 2.45. The van der Waals surface area contributed by atoms with Crippen molar-refractivity contribution in [1.29, 1.82) is 0 Å². The number of nitrogens with zero attached hydrogens (tertiary/aromatic N) is 2. The minimum absolute atomic E-state index is 0.381. The first-order valence-electron chi connectivity index (χ1n) is 4.65. The lowest BCUT2D eigenvalue weighted by Gasteiger charge is -2.10. The van der Waals surface area contributed by atoms with Crippen molar-refractivity contribution in [3.05, 3.63) is 27.0 Å². The second-order valence-electron chi connectivity index (χ2n) is 3.45. The van der Waals surface area contributed by atoms with Crippen molar-refractivity contribution in [2.75, 3.05) is 5.32 Å². The molecule has 3 rings (SSSR count). The topological polar surface area (TPSA) is 37.8 Å². The first-order chi connectivity index (χ1) is 7.33. The maximum Gasteiger partial charge on any atom is 0.130 e. The molecular formula is C9H8ClN3S2. The smallest absolute Gasteiger partial charge is 0.130 e. The number of aryl methyl sites for hydroxylation is 1. The number of halogens is 1. The summed E-state index contributed by atoms with van der Waals surface area (Å²) >= 11 is 9.07. The predicted molar refractivity (Wildman–Crippen MR) is 63.9 cm³/mol. The van der Waals surface area contributed by atoms with E-state index >= 15 is 0 Å². The van der Waals surface area contributed by atoms with Crippen LogP contribution in [-0.4, -0.2) is 9.59 Å². The third-order valence-corrected chi connectivity index (χ3v) is 4.46. The average molecular weight is 258 g/mol. The van der Waals surface area contributed by atoms with E-state index in [1.807, 2.05) is 0 Å². The summed E-state index contributed by atoms with van der Waals surface area (Å²) in [5, 5.41) is 8.26. The summed E-state index contributed by atoms with van der Waals surface area (Å²) in [6.45, 7) is 0. The number of fused-ring (bicyclic) bond motifs is 1. The Bertz CT molecular complexity index is 466. The molecule has 15 heavy (non-hydrogen) atoms. The number of rotatable bonds is 2. The highest BCUT2D eigenvalue weighted by Crippen LogP contribution is 2.41. The molecule has 2 aromatic rings. The zero-order valence-electron chi connectivity index (χ0n) is 7.74. The SMILES string of the molecule is Clc1cc2c(s1)CCC2Nc1cnns1. The highest BCUT2D eigenvalue weighted by Gasteiger charge is 2.25. The number of hydrogen-bond donors (Lipinski definition) is 1. The minimum atomic E-state index is 0.381. The van der Waals surface area contributed by atoms with Gasteiger partial charge in [0.1, 0.15) is 5.00 Å². The second kappa shape index (κ2) is 3.73. The molecular weight excluding hydrogens is 250 g/mol. The fraction of sp³-hybridized carbons (Fsp3) is 0.333. The molecule has 0 fully saturated rings. The largest absolute Gasteiger partial charge is 0.367 e. The van der Waals surface area contributed by atoms with Gasteiger partial charge in [-0.15, -0.1) is 16.4 Å². The van der Waals surface area contributed by atoms with Crippen molar-refractivity contribution in [3.63, 3.8) is 0 Å². The maximum absolute atomic E-state index is 5.99. The Labute approximate surface area is 100 Å². The first-order valence-corrected chi connectivity index (χ1v) is 6.62. The van der Waals surface area contributed by atoms with Crippen molar-refractivity contribution in [2.45, 2.75) is 18.9 Å². The van der Waals surface area contributed by atoms with Gasteiger partial charge in [-0.3, -0.25) is 0 Å². The number of anilines is 1. The van der Waals surface area contributed by atoms with Gasteiger partial charge in [0, 0.05) is 16.4 Å². The van der Waals surface area contributed by atoms with Crippen LogP contribution in [0.1, 0.15) is 22.9 Å². The van der Waals surface area contributed by atoms with E-state index in [0.717, 1.165) is 22.2 Å². The Morgan fingerprint density at radius 3 is 3.27 bits per heavy atom. The Morgan fingerprint density at radius 1 is 1.53 bits per heavy atom. The molecule has 0 bridgehead atoms. The van der Waals surface area contributed by atoms with Crippen molar-refractivity contribution < 1.29 is 0 Å². The highest BCUT2D eigenvalue weighted by molar-refractivity contribution is 7.16. The normalized spacial score (nSPS) is 19.1. The third kappa shape index (κ3) is 1.75. The van der Waals surface area contributed by atoms with Gasteiger partial charge < -0.3 is 5.32 Å². The van der Waals surface area contributed by atoms with Gasteiger partial charge >= 0.3 is 0 Å². The molecule has 0 aromatic carbocycles. The third-order valence-electron chi connectivity index (χ3n) is 2.52. The van der Waals surface area contributed by atoms with Gasteiger partial charge in [-0.05, 0) is 24.5 Å². The van der Waals surface area contributed by atoms with Crippen molar-refractivity contribution in [3.8, 4) is 0 Å². The van der Waals surface area contributed by atoms with Crippen LogP contribution in [0.2, 0.25) is 4.34 Å². The van der Waals surface area contributed by atoms with Crippen LogP contribution in [0.5, 0.6) is 0 Å². The van der Waals surface area contributed by atoms with Gasteiger partial charge in [-0.25, -0.2) is 0 Å². The zero-order valence-corrected chi connectivity index (χ0v) is 10.1. The summed E-state index contributed by atoms with van der Waals surface area (Å²) < 4.78 is 4.71. The Hall–Kier alpha value is -0.650. The van der Waals surface area contributed by atoms with E-state index in [0.29, 0.717) is 6.04 Å². The number of nitrogens with one attached hydrogen (secondary N) is 1. The fourth-order valence-corrected chi connectivity index (χ4v) is 3.71. The molecule has 1 N–H and O–H groups in total. The molecule has 1 unspecified atom stereocenters. The van der Waals surface area contributed by atoms with E-state index in [-0.39, 0.29) is 0 Å². The summed E-state index contributed by atoms with van der Waals surface area (Å²) in [4.78, 5) is 1.41. The first kappa shape index (κ1) is 9.57. The molecule has 0 radical (unpaired) electrons. The van der Waals surface area contributed by atoms with Crippen LogP contribution in [0.15, 0.2) is 12.3 Å². The second-order valence-corrected chi connectivity index (χ2v) is 6.00. The molecule has 2 heterocycles. The van der Waals surface area contributed by atoms with E-state index in [1.54, 1.807) is 17.5 Å². The Kier molecular flexibility index (Phi) is 2.38. The summed E-state index contributed by atoms with van der Waals surface area (Å²) in [6.07, 6.45) is 4.02. The van der Waals surface area contributed by atoms with E-state index in [2.05, 4.69) is 21.0 Å². The predicted octanol–water partition coefficient (Wildman–Crippen LogP) is 3.35. The van der Waals surface area contributed by atoms with Gasteiger partial charge in [0.05, 0.1) is 16.6 Å². The number of aromatic nitrogens is 2. The number of thiophene rings is 1. The average Bonchev–Trinajstić information content (AvgIpc) is 2.85. The molecule has 1 atom stereocenters. The standard InChI is InChI=1S/C9H8ClN3S2/c10-8-3-5-6(1-2-7(5)14-8)12-9-4-11-13-15-9/h3-4,6,12H,1-2H2. The highest BCUT2D eigenvalue weighted by atomic mass is 35.5. The number of hydrogen-bond acceptors (Lipinski definition) is 5. The van der Waals surface area contributed by atoms with Crippen LogP contribution in [0.3, 0.4) is 0 Å². The molecule has 0 saturated heterocycles. The fourth-order valence-electron chi connectivity index (χ4n) is 1.88. The molecule has 3 nitrogen and oxygen atoms in total. The van der Waals surface area contributed by atoms with Gasteiger partial charge in [-0.2, -0.15) is 0 Å². The van der Waals surface area contributed by atoms with Gasteiger partial charge in [0.25, 0.3) is 0 Å². The summed E-state index contributed by atoms with van der Waals surface area (Å²) in [7, 11) is 0. The van der Waals surface area contributed by atoms with E-state index in [4.69, 9.17) is 11.6 Å². The van der Waals surface area contributed by atoms with Crippen LogP contribution in [0.25, 0.3) is 0 Å². The molecule has 0 spiro atoms. The molecule has 0 amide bonds. The Balaban J connectivity index is 1.84. The molecule has 6 heteroatoms. The van der Waals surface area contributed by atoms with E-state index < -0.39 is 0 Å².